The highest BCUT2D eigenvalue weighted by Crippen LogP contribution is 2.17. The number of ether oxygens (including phenoxy) is 1. The van der Waals surface area contributed by atoms with Crippen LogP contribution in [-0.4, -0.2) is 29.8 Å². The van der Waals surface area contributed by atoms with E-state index in [0.29, 0.717) is 5.75 Å². The van der Waals surface area contributed by atoms with E-state index in [1.54, 1.807) is 26.0 Å². The Bertz CT molecular complexity index is 388. The van der Waals surface area contributed by atoms with E-state index >= 15 is 0 Å². The summed E-state index contributed by atoms with van der Waals surface area (Å²) in [6, 6.07) is 7.26. The Morgan fingerprint density at radius 3 is 2.82 bits per heavy atom. The normalized spacial score (nSPS) is 11.1. The van der Waals surface area contributed by atoms with Gasteiger partial charge in [0.2, 0.25) is 0 Å². The molecule has 0 spiro atoms. The molecule has 1 aromatic rings. The predicted octanol–water partition coefficient (Wildman–Crippen LogP) is 1.71. The Hall–Kier alpha value is -1.07. The fraction of sp³-hybridized carbons (Fsp3) is 0.417. The van der Waals surface area contributed by atoms with Gasteiger partial charge in [-0.2, -0.15) is 0 Å². The molecule has 0 bridgehead atoms. The summed E-state index contributed by atoms with van der Waals surface area (Å²) in [6.07, 6.45) is 0. The molecule has 0 atom stereocenters. The quantitative estimate of drug-likeness (QED) is 0.870. The van der Waals surface area contributed by atoms with Crippen molar-refractivity contribution in [1.82, 2.24) is 5.32 Å². The van der Waals surface area contributed by atoms with Gasteiger partial charge in [-0.3, -0.25) is 4.79 Å². The molecule has 94 valence electrons. The largest absolute Gasteiger partial charge is 0.484 e. The fourth-order valence-corrected chi connectivity index (χ4v) is 1.45. The van der Waals surface area contributed by atoms with Gasteiger partial charge in [-0.05, 0) is 32.0 Å². The van der Waals surface area contributed by atoms with Crippen molar-refractivity contribution in [2.75, 3.05) is 13.2 Å². The first kappa shape index (κ1) is 14.0. The van der Waals surface area contributed by atoms with Crippen molar-refractivity contribution in [1.29, 1.82) is 0 Å². The van der Waals surface area contributed by atoms with Crippen molar-refractivity contribution in [2.45, 2.75) is 19.4 Å². The lowest BCUT2D eigenvalue weighted by Crippen LogP contribution is -2.40. The van der Waals surface area contributed by atoms with Gasteiger partial charge in [0.15, 0.2) is 6.61 Å². The fourth-order valence-electron chi connectivity index (χ4n) is 1.07. The summed E-state index contributed by atoms with van der Waals surface area (Å²) < 4.78 is 6.19. The van der Waals surface area contributed by atoms with E-state index in [9.17, 15) is 9.90 Å². The number of benzene rings is 1. The molecule has 0 aliphatic carbocycles. The Kier molecular flexibility index (Phi) is 4.96. The Morgan fingerprint density at radius 2 is 2.24 bits per heavy atom. The number of halogens is 1. The molecular weight excluding hydrogens is 286 g/mol. The first-order valence-electron chi connectivity index (χ1n) is 5.24. The van der Waals surface area contributed by atoms with Crippen LogP contribution in [0.15, 0.2) is 28.7 Å². The molecular formula is C12H16BrNO3. The van der Waals surface area contributed by atoms with Gasteiger partial charge in [-0.25, -0.2) is 0 Å². The molecule has 5 heteroatoms. The average molecular weight is 302 g/mol. The van der Waals surface area contributed by atoms with Crippen molar-refractivity contribution in [2.24, 2.45) is 0 Å². The van der Waals surface area contributed by atoms with E-state index in [1.165, 1.54) is 0 Å². The minimum absolute atomic E-state index is 0.0630. The highest BCUT2D eigenvalue weighted by Gasteiger charge is 2.13. The maximum absolute atomic E-state index is 11.4. The Morgan fingerprint density at radius 1 is 1.53 bits per heavy atom. The molecule has 0 aliphatic rings. The SMILES string of the molecule is CC(C)(O)CNC(=O)COc1cccc(Br)c1. The molecule has 2 N–H and O–H groups in total. The average Bonchev–Trinajstić information content (AvgIpc) is 2.23. The molecule has 0 unspecified atom stereocenters. The van der Waals surface area contributed by atoms with Crippen LogP contribution in [0.5, 0.6) is 5.75 Å². The van der Waals surface area contributed by atoms with Crippen LogP contribution in [0.3, 0.4) is 0 Å². The van der Waals surface area contributed by atoms with Crippen molar-refractivity contribution in [3.8, 4) is 5.75 Å². The minimum Gasteiger partial charge on any atom is -0.484 e. The number of carbonyl (C=O) groups is 1. The smallest absolute Gasteiger partial charge is 0.258 e. The number of hydrogen-bond donors (Lipinski definition) is 2. The van der Waals surface area contributed by atoms with Gasteiger partial charge in [0.1, 0.15) is 5.75 Å². The number of hydrogen-bond acceptors (Lipinski definition) is 3. The Labute approximate surface area is 109 Å². The molecule has 0 radical (unpaired) electrons. The molecule has 0 fully saturated rings. The van der Waals surface area contributed by atoms with Gasteiger partial charge in [-0.15, -0.1) is 0 Å². The van der Waals surface area contributed by atoms with Crippen LogP contribution >= 0.6 is 15.9 Å². The standard InChI is InChI=1S/C12H16BrNO3/c1-12(2,16)8-14-11(15)7-17-10-5-3-4-9(13)6-10/h3-6,16H,7-8H2,1-2H3,(H,14,15). The highest BCUT2D eigenvalue weighted by atomic mass is 79.9. The molecule has 4 nitrogen and oxygen atoms in total. The number of nitrogens with one attached hydrogen (secondary N) is 1. The van der Waals surface area contributed by atoms with Crippen molar-refractivity contribution in [3.63, 3.8) is 0 Å². The van der Waals surface area contributed by atoms with E-state index in [1.807, 2.05) is 12.1 Å². The maximum Gasteiger partial charge on any atom is 0.258 e. The number of aliphatic hydroxyl groups is 1. The summed E-state index contributed by atoms with van der Waals surface area (Å²) >= 11 is 3.31. The molecule has 0 aromatic heterocycles. The summed E-state index contributed by atoms with van der Waals surface area (Å²) in [5, 5.41) is 12.0. The van der Waals surface area contributed by atoms with Crippen LogP contribution in [0.1, 0.15) is 13.8 Å². The lowest BCUT2D eigenvalue weighted by Gasteiger charge is -2.17. The zero-order chi connectivity index (χ0) is 12.9. The van der Waals surface area contributed by atoms with Gasteiger partial charge in [0.05, 0.1) is 5.60 Å². The maximum atomic E-state index is 11.4. The highest BCUT2D eigenvalue weighted by molar-refractivity contribution is 9.10. The second-order valence-electron chi connectivity index (χ2n) is 4.34. The third-order valence-corrected chi connectivity index (χ3v) is 2.38. The van der Waals surface area contributed by atoms with Crippen molar-refractivity contribution < 1.29 is 14.6 Å². The van der Waals surface area contributed by atoms with Gasteiger partial charge in [0.25, 0.3) is 5.91 Å². The second kappa shape index (κ2) is 6.02. The Balaban J connectivity index is 2.33. The number of amides is 1. The molecule has 0 saturated heterocycles. The van der Waals surface area contributed by atoms with Gasteiger partial charge >= 0.3 is 0 Å². The number of carbonyl (C=O) groups excluding carboxylic acids is 1. The zero-order valence-corrected chi connectivity index (χ0v) is 11.5. The van der Waals surface area contributed by atoms with E-state index in [4.69, 9.17) is 4.74 Å². The summed E-state index contributed by atoms with van der Waals surface area (Å²) in [7, 11) is 0. The summed E-state index contributed by atoms with van der Waals surface area (Å²) in [6.45, 7) is 3.39. The predicted molar refractivity (Wildman–Crippen MR) is 68.9 cm³/mol. The van der Waals surface area contributed by atoms with Crippen molar-refractivity contribution >= 4 is 21.8 Å². The summed E-state index contributed by atoms with van der Waals surface area (Å²) in [4.78, 5) is 11.4. The second-order valence-corrected chi connectivity index (χ2v) is 5.25. The minimum atomic E-state index is -0.911. The molecule has 1 rings (SSSR count). The van der Waals surface area contributed by atoms with E-state index in [-0.39, 0.29) is 19.1 Å². The molecule has 0 heterocycles. The number of rotatable bonds is 5. The summed E-state index contributed by atoms with van der Waals surface area (Å²) in [5.74, 6) is 0.366. The van der Waals surface area contributed by atoms with E-state index < -0.39 is 5.60 Å². The topological polar surface area (TPSA) is 58.6 Å². The van der Waals surface area contributed by atoms with Gasteiger partial charge in [0, 0.05) is 11.0 Å². The monoisotopic (exact) mass is 301 g/mol. The molecule has 0 aliphatic heterocycles. The van der Waals surface area contributed by atoms with Crippen LogP contribution in [0.4, 0.5) is 0 Å². The van der Waals surface area contributed by atoms with Gasteiger partial charge < -0.3 is 15.2 Å². The zero-order valence-electron chi connectivity index (χ0n) is 9.87. The molecule has 1 amide bonds. The van der Waals surface area contributed by atoms with E-state index in [0.717, 1.165) is 4.47 Å². The first-order valence-corrected chi connectivity index (χ1v) is 6.03. The van der Waals surface area contributed by atoms with Crippen LogP contribution in [-0.2, 0) is 4.79 Å². The molecule has 0 saturated carbocycles. The third kappa shape index (κ3) is 6.28. The lowest BCUT2D eigenvalue weighted by molar-refractivity contribution is -0.124. The van der Waals surface area contributed by atoms with Crippen LogP contribution in [0.2, 0.25) is 0 Å². The van der Waals surface area contributed by atoms with E-state index in [2.05, 4.69) is 21.2 Å². The molecule has 1 aromatic carbocycles. The third-order valence-electron chi connectivity index (χ3n) is 1.88. The summed E-state index contributed by atoms with van der Waals surface area (Å²) in [5.41, 5.74) is -0.911. The first-order chi connectivity index (χ1) is 7.87. The van der Waals surface area contributed by atoms with Crippen LogP contribution < -0.4 is 10.1 Å². The van der Waals surface area contributed by atoms with Gasteiger partial charge in [-0.1, -0.05) is 22.0 Å². The van der Waals surface area contributed by atoms with Crippen LogP contribution in [0.25, 0.3) is 0 Å². The van der Waals surface area contributed by atoms with Crippen molar-refractivity contribution in [3.05, 3.63) is 28.7 Å². The lowest BCUT2D eigenvalue weighted by atomic mass is 10.1. The molecule has 17 heavy (non-hydrogen) atoms. The van der Waals surface area contributed by atoms with Crippen LogP contribution in [0, 0.1) is 0 Å².